The monoisotopic (exact) mass is 389 g/mol. The van der Waals surface area contributed by atoms with Gasteiger partial charge in [0, 0.05) is 12.1 Å². The molecule has 2 bridgehead atoms. The van der Waals surface area contributed by atoms with Crippen molar-refractivity contribution >= 4 is 17.7 Å². The summed E-state index contributed by atoms with van der Waals surface area (Å²) < 4.78 is 16.3. The minimum atomic E-state index is 0.0323. The third-order valence-corrected chi connectivity index (χ3v) is 6.08. The van der Waals surface area contributed by atoms with Gasteiger partial charge in [-0.2, -0.15) is 0 Å². The van der Waals surface area contributed by atoms with Crippen molar-refractivity contribution < 1.29 is 18.7 Å². The van der Waals surface area contributed by atoms with Crippen LogP contribution in [0.1, 0.15) is 31.6 Å². The number of hydrogen-bond donors (Lipinski definition) is 1. The number of thioether (sulfide) groups is 1. The molecule has 2 saturated carbocycles. The smallest absolute Gasteiger partial charge is 0.277 e. The molecule has 2 aromatic rings. The highest BCUT2D eigenvalue weighted by Gasteiger charge is 2.40. The van der Waals surface area contributed by atoms with E-state index in [1.807, 2.05) is 18.2 Å². The van der Waals surface area contributed by atoms with E-state index >= 15 is 0 Å². The van der Waals surface area contributed by atoms with Crippen LogP contribution in [-0.2, 0) is 11.4 Å². The molecule has 0 spiro atoms. The lowest BCUT2D eigenvalue weighted by Crippen LogP contribution is -2.39. The number of benzene rings is 1. The molecule has 1 aromatic carbocycles. The number of nitrogens with zero attached hydrogens (tertiary/aromatic N) is 2. The summed E-state index contributed by atoms with van der Waals surface area (Å²) in [5.74, 6) is 3.55. The predicted octanol–water partition coefficient (Wildman–Crippen LogP) is 3.05. The van der Waals surface area contributed by atoms with E-state index in [1.165, 1.54) is 31.0 Å². The Morgan fingerprint density at radius 1 is 1.30 bits per heavy atom. The number of amides is 1. The lowest BCUT2D eigenvalue weighted by atomic mass is 9.95. The molecule has 0 radical (unpaired) electrons. The number of carbonyl (C=O) groups excluding carboxylic acids is 1. The predicted molar refractivity (Wildman–Crippen MR) is 99.7 cm³/mol. The van der Waals surface area contributed by atoms with E-state index in [-0.39, 0.29) is 18.3 Å². The summed E-state index contributed by atoms with van der Waals surface area (Å²) in [5, 5.41) is 11.5. The zero-order valence-corrected chi connectivity index (χ0v) is 16.0. The van der Waals surface area contributed by atoms with Gasteiger partial charge in [-0.05, 0) is 43.2 Å². The molecule has 4 rings (SSSR count). The number of ether oxygens (including phenoxy) is 2. The van der Waals surface area contributed by atoms with Crippen molar-refractivity contribution in [3.05, 3.63) is 30.2 Å². The number of aromatic nitrogens is 2. The molecule has 8 heteroatoms. The fourth-order valence-corrected chi connectivity index (χ4v) is 4.58. The van der Waals surface area contributed by atoms with E-state index in [4.69, 9.17) is 13.9 Å². The zero-order valence-electron chi connectivity index (χ0n) is 15.2. The maximum Gasteiger partial charge on any atom is 0.277 e. The molecule has 1 aromatic heterocycles. The summed E-state index contributed by atoms with van der Waals surface area (Å²) in [6.45, 7) is 0.165. The number of fused-ring (bicyclic) bond motifs is 2. The highest BCUT2D eigenvalue weighted by Crippen LogP contribution is 2.44. The van der Waals surface area contributed by atoms with Crippen LogP contribution < -0.4 is 14.8 Å². The summed E-state index contributed by atoms with van der Waals surface area (Å²) >= 11 is 1.25. The Kier molecular flexibility index (Phi) is 5.52. The number of hydrogen-bond acceptors (Lipinski definition) is 7. The van der Waals surface area contributed by atoms with Gasteiger partial charge in [-0.3, -0.25) is 4.79 Å². The van der Waals surface area contributed by atoms with Crippen molar-refractivity contribution in [2.24, 2.45) is 11.8 Å². The van der Waals surface area contributed by atoms with Gasteiger partial charge in [0.2, 0.25) is 5.91 Å². The topological polar surface area (TPSA) is 86.5 Å². The van der Waals surface area contributed by atoms with E-state index in [0.717, 1.165) is 18.1 Å². The maximum atomic E-state index is 12.2. The Bertz CT molecular complexity index is 797. The second-order valence-corrected chi connectivity index (χ2v) is 7.99. The first-order valence-corrected chi connectivity index (χ1v) is 10.2. The van der Waals surface area contributed by atoms with Crippen LogP contribution in [0.3, 0.4) is 0 Å². The standard InChI is InChI=1S/C19H23N3O4S/c1-24-14-3-2-4-15(9-14)25-10-18-21-22-19(26-18)27-11-17(23)20-16-8-12-5-6-13(16)7-12/h2-4,9,12-13,16H,5-8,10-11H2,1H3,(H,20,23)/t12-,13-,16+/m1/s1. The van der Waals surface area contributed by atoms with Crippen molar-refractivity contribution in [1.82, 2.24) is 15.5 Å². The Hall–Kier alpha value is -2.22. The van der Waals surface area contributed by atoms with E-state index in [9.17, 15) is 4.79 Å². The van der Waals surface area contributed by atoms with Crippen molar-refractivity contribution in [3.8, 4) is 11.5 Å². The van der Waals surface area contributed by atoms with Gasteiger partial charge in [0.1, 0.15) is 11.5 Å². The lowest BCUT2D eigenvalue weighted by Gasteiger charge is -2.22. The van der Waals surface area contributed by atoms with Crippen LogP contribution in [0.5, 0.6) is 11.5 Å². The largest absolute Gasteiger partial charge is 0.497 e. The first kappa shape index (κ1) is 18.2. The molecule has 0 saturated heterocycles. The molecule has 2 fully saturated rings. The van der Waals surface area contributed by atoms with Crippen LogP contribution >= 0.6 is 11.8 Å². The number of methoxy groups -OCH3 is 1. The normalized spacial score (nSPS) is 23.4. The van der Waals surface area contributed by atoms with Gasteiger partial charge in [0.15, 0.2) is 6.61 Å². The van der Waals surface area contributed by atoms with E-state index < -0.39 is 0 Å². The molecule has 2 aliphatic rings. The molecule has 1 N–H and O–H groups in total. The molecule has 7 nitrogen and oxygen atoms in total. The van der Waals surface area contributed by atoms with Gasteiger partial charge in [-0.25, -0.2) is 0 Å². The number of nitrogens with one attached hydrogen (secondary N) is 1. The molecule has 3 atom stereocenters. The van der Waals surface area contributed by atoms with Gasteiger partial charge >= 0.3 is 0 Å². The quantitative estimate of drug-likeness (QED) is 0.694. The molecule has 0 aliphatic heterocycles. The third-order valence-electron chi connectivity index (χ3n) is 5.26. The minimum Gasteiger partial charge on any atom is -0.497 e. The van der Waals surface area contributed by atoms with Gasteiger partial charge in [-0.15, -0.1) is 10.2 Å². The fourth-order valence-electron chi connectivity index (χ4n) is 3.99. The molecule has 1 amide bonds. The second kappa shape index (κ2) is 8.21. The zero-order chi connectivity index (χ0) is 18.6. The van der Waals surface area contributed by atoms with Crippen LogP contribution in [0.4, 0.5) is 0 Å². The van der Waals surface area contributed by atoms with E-state index in [1.54, 1.807) is 13.2 Å². The van der Waals surface area contributed by atoms with Crippen LogP contribution in [0.2, 0.25) is 0 Å². The van der Waals surface area contributed by atoms with Gasteiger partial charge in [0.25, 0.3) is 11.1 Å². The molecular weight excluding hydrogens is 366 g/mol. The first-order chi connectivity index (χ1) is 13.2. The van der Waals surface area contributed by atoms with Gasteiger partial charge in [-0.1, -0.05) is 24.2 Å². The fraction of sp³-hybridized carbons (Fsp3) is 0.526. The molecule has 2 aliphatic carbocycles. The molecule has 144 valence electrons. The van der Waals surface area contributed by atoms with Crippen LogP contribution in [0, 0.1) is 11.8 Å². The Morgan fingerprint density at radius 2 is 2.19 bits per heavy atom. The van der Waals surface area contributed by atoms with E-state index in [2.05, 4.69) is 15.5 Å². The summed E-state index contributed by atoms with van der Waals surface area (Å²) in [4.78, 5) is 12.2. The first-order valence-electron chi connectivity index (χ1n) is 9.21. The van der Waals surface area contributed by atoms with E-state index in [0.29, 0.717) is 28.8 Å². The molecular formula is C19H23N3O4S. The van der Waals surface area contributed by atoms with Gasteiger partial charge in [0.05, 0.1) is 12.9 Å². The molecule has 0 unspecified atom stereocenters. The lowest BCUT2D eigenvalue weighted by molar-refractivity contribution is -0.119. The summed E-state index contributed by atoms with van der Waals surface area (Å²) in [5.41, 5.74) is 0. The average molecular weight is 389 g/mol. The number of rotatable bonds is 8. The van der Waals surface area contributed by atoms with Crippen molar-refractivity contribution in [2.75, 3.05) is 12.9 Å². The minimum absolute atomic E-state index is 0.0323. The van der Waals surface area contributed by atoms with Crippen molar-refractivity contribution in [1.29, 1.82) is 0 Å². The van der Waals surface area contributed by atoms with Crippen molar-refractivity contribution in [3.63, 3.8) is 0 Å². The SMILES string of the molecule is COc1cccc(OCc2nnc(SCC(=O)N[C@H]3C[C@@H]4CC[C@@H]3C4)o2)c1. The Morgan fingerprint density at radius 3 is 2.96 bits per heavy atom. The van der Waals surface area contributed by atoms with Crippen LogP contribution in [-0.4, -0.2) is 35.0 Å². The number of carbonyl (C=O) groups is 1. The highest BCUT2D eigenvalue weighted by molar-refractivity contribution is 7.99. The molecule has 1 heterocycles. The maximum absolute atomic E-state index is 12.2. The summed E-state index contributed by atoms with van der Waals surface area (Å²) in [7, 11) is 1.61. The molecule has 27 heavy (non-hydrogen) atoms. The average Bonchev–Trinajstić information content (AvgIpc) is 3.42. The van der Waals surface area contributed by atoms with Gasteiger partial charge < -0.3 is 19.2 Å². The second-order valence-electron chi connectivity index (χ2n) is 7.07. The Balaban J connectivity index is 1.21. The highest BCUT2D eigenvalue weighted by atomic mass is 32.2. The third kappa shape index (κ3) is 4.55. The summed E-state index contributed by atoms with van der Waals surface area (Å²) in [6, 6.07) is 7.65. The summed E-state index contributed by atoms with van der Waals surface area (Å²) in [6.07, 6.45) is 4.99. The Labute approximate surface area is 162 Å². The van der Waals surface area contributed by atoms with Crippen LogP contribution in [0.15, 0.2) is 33.9 Å². The van der Waals surface area contributed by atoms with Crippen LogP contribution in [0.25, 0.3) is 0 Å². The van der Waals surface area contributed by atoms with Crippen molar-refractivity contribution in [2.45, 2.75) is 43.6 Å².